The largest absolute Gasteiger partial charge is 0.247 e. The Morgan fingerprint density at radius 3 is 2.70 bits per heavy atom. The predicted octanol–water partition coefficient (Wildman–Crippen LogP) is 2.70. The first-order valence-corrected chi connectivity index (χ1v) is 4.06. The molecule has 0 aromatic rings. The molecule has 0 heterocycles. The summed E-state index contributed by atoms with van der Waals surface area (Å²) in [6.45, 7) is 1.69. The lowest BCUT2D eigenvalue weighted by Gasteiger charge is -2.24. The second-order valence-electron chi connectivity index (χ2n) is 3.71. The molecule has 0 spiro atoms. The molecule has 1 saturated carbocycles. The maximum Gasteiger partial charge on any atom is 0.106 e. The van der Waals surface area contributed by atoms with E-state index in [0.29, 0.717) is 5.92 Å². The third kappa shape index (κ3) is 0.664. The minimum absolute atomic E-state index is 0.0370. The first-order valence-electron chi connectivity index (χ1n) is 4.06. The number of hydrogen-bond donors (Lipinski definition) is 0. The van der Waals surface area contributed by atoms with Crippen LogP contribution in [-0.4, -0.2) is 6.17 Å². The van der Waals surface area contributed by atoms with Crippen molar-refractivity contribution in [2.45, 2.75) is 32.4 Å². The number of allylic oxidation sites excluding steroid dienone is 2. The zero-order valence-corrected chi connectivity index (χ0v) is 6.31. The van der Waals surface area contributed by atoms with Crippen LogP contribution in [0, 0.1) is 11.3 Å². The highest BCUT2D eigenvalue weighted by molar-refractivity contribution is 5.17. The predicted molar refractivity (Wildman–Crippen MR) is 39.5 cm³/mol. The summed E-state index contributed by atoms with van der Waals surface area (Å²) in [6, 6.07) is 0. The Hall–Kier alpha value is -0.330. The Kier molecular flexibility index (Phi) is 1.17. The SMILES string of the molecule is CC(F)C12C=CC(CC1)C2. The normalized spacial score (nSPS) is 46.4. The standard InChI is InChI=1S/C9H13F/c1-7(10)9-4-2-8(6-9)3-5-9/h2,4,7-8H,3,5-6H2,1H3. The summed E-state index contributed by atoms with van der Waals surface area (Å²) in [5, 5.41) is 0. The van der Waals surface area contributed by atoms with Crippen molar-refractivity contribution in [1.29, 1.82) is 0 Å². The summed E-state index contributed by atoms with van der Waals surface area (Å²) < 4.78 is 13.0. The van der Waals surface area contributed by atoms with Crippen LogP contribution in [0.1, 0.15) is 26.2 Å². The van der Waals surface area contributed by atoms with Gasteiger partial charge in [-0.25, -0.2) is 4.39 Å². The van der Waals surface area contributed by atoms with Gasteiger partial charge in [0.1, 0.15) is 6.17 Å². The van der Waals surface area contributed by atoms with Crippen LogP contribution in [0.2, 0.25) is 0 Å². The van der Waals surface area contributed by atoms with Gasteiger partial charge in [-0.15, -0.1) is 0 Å². The van der Waals surface area contributed by atoms with Crippen molar-refractivity contribution in [3.8, 4) is 0 Å². The Bertz CT molecular complexity index is 172. The summed E-state index contributed by atoms with van der Waals surface area (Å²) in [4.78, 5) is 0. The topological polar surface area (TPSA) is 0 Å². The molecule has 0 amide bonds. The van der Waals surface area contributed by atoms with Gasteiger partial charge in [-0.3, -0.25) is 0 Å². The molecule has 0 nitrogen and oxygen atoms in total. The highest BCUT2D eigenvalue weighted by Gasteiger charge is 2.44. The minimum Gasteiger partial charge on any atom is -0.247 e. The van der Waals surface area contributed by atoms with Crippen LogP contribution in [0.25, 0.3) is 0 Å². The van der Waals surface area contributed by atoms with Crippen LogP contribution in [-0.2, 0) is 0 Å². The van der Waals surface area contributed by atoms with Crippen molar-refractivity contribution < 1.29 is 4.39 Å². The Labute approximate surface area is 61.1 Å². The molecule has 3 unspecified atom stereocenters. The first-order chi connectivity index (χ1) is 4.73. The second-order valence-corrected chi connectivity index (χ2v) is 3.71. The van der Waals surface area contributed by atoms with Gasteiger partial charge in [0.25, 0.3) is 0 Å². The summed E-state index contributed by atoms with van der Waals surface area (Å²) in [5.41, 5.74) is -0.0370. The van der Waals surface area contributed by atoms with Crippen molar-refractivity contribution in [2.75, 3.05) is 0 Å². The summed E-state index contributed by atoms with van der Waals surface area (Å²) in [7, 11) is 0. The summed E-state index contributed by atoms with van der Waals surface area (Å²) >= 11 is 0. The van der Waals surface area contributed by atoms with Crippen LogP contribution in [0.5, 0.6) is 0 Å². The lowest BCUT2D eigenvalue weighted by molar-refractivity contribution is 0.182. The van der Waals surface area contributed by atoms with Gasteiger partial charge < -0.3 is 0 Å². The van der Waals surface area contributed by atoms with Gasteiger partial charge in [0.15, 0.2) is 0 Å². The molecule has 0 saturated heterocycles. The van der Waals surface area contributed by atoms with Crippen molar-refractivity contribution in [3.05, 3.63) is 12.2 Å². The molecule has 2 bridgehead atoms. The van der Waals surface area contributed by atoms with Gasteiger partial charge in [0.2, 0.25) is 0 Å². The maximum absolute atomic E-state index is 13.0. The highest BCUT2D eigenvalue weighted by Crippen LogP contribution is 2.51. The minimum atomic E-state index is -0.642. The fourth-order valence-electron chi connectivity index (χ4n) is 2.28. The molecule has 10 heavy (non-hydrogen) atoms. The molecule has 2 rings (SSSR count). The molecular formula is C9H13F. The third-order valence-corrected chi connectivity index (χ3v) is 3.12. The van der Waals surface area contributed by atoms with E-state index >= 15 is 0 Å². The van der Waals surface area contributed by atoms with E-state index in [2.05, 4.69) is 12.2 Å². The molecule has 2 aliphatic carbocycles. The van der Waals surface area contributed by atoms with E-state index in [0.717, 1.165) is 12.8 Å². The maximum atomic E-state index is 13.0. The lowest BCUT2D eigenvalue weighted by atomic mass is 9.83. The molecule has 2 aliphatic rings. The number of alkyl halides is 1. The molecule has 0 aromatic heterocycles. The van der Waals surface area contributed by atoms with Gasteiger partial charge in [0, 0.05) is 5.41 Å². The van der Waals surface area contributed by atoms with E-state index in [1.165, 1.54) is 6.42 Å². The van der Waals surface area contributed by atoms with E-state index in [4.69, 9.17) is 0 Å². The fourth-order valence-corrected chi connectivity index (χ4v) is 2.28. The van der Waals surface area contributed by atoms with Crippen LogP contribution >= 0.6 is 0 Å². The van der Waals surface area contributed by atoms with Crippen molar-refractivity contribution in [3.63, 3.8) is 0 Å². The molecule has 1 heteroatoms. The van der Waals surface area contributed by atoms with Crippen LogP contribution < -0.4 is 0 Å². The van der Waals surface area contributed by atoms with Crippen LogP contribution in [0.3, 0.4) is 0 Å². The number of halogens is 1. The lowest BCUT2D eigenvalue weighted by Crippen LogP contribution is -2.22. The molecule has 0 N–H and O–H groups in total. The average molecular weight is 140 g/mol. The van der Waals surface area contributed by atoms with Gasteiger partial charge in [-0.05, 0) is 32.1 Å². The molecule has 0 aliphatic heterocycles. The summed E-state index contributed by atoms with van der Waals surface area (Å²) in [5.74, 6) is 0.707. The van der Waals surface area contributed by atoms with Gasteiger partial charge in [-0.1, -0.05) is 12.2 Å². The van der Waals surface area contributed by atoms with Crippen LogP contribution in [0.4, 0.5) is 4.39 Å². The van der Waals surface area contributed by atoms with Gasteiger partial charge in [0.05, 0.1) is 0 Å². The molecule has 0 aromatic carbocycles. The van der Waals surface area contributed by atoms with Gasteiger partial charge >= 0.3 is 0 Å². The highest BCUT2D eigenvalue weighted by atomic mass is 19.1. The van der Waals surface area contributed by atoms with E-state index < -0.39 is 6.17 Å². The number of fused-ring (bicyclic) bond motifs is 2. The number of hydrogen-bond acceptors (Lipinski definition) is 0. The quantitative estimate of drug-likeness (QED) is 0.491. The zero-order chi connectivity index (χ0) is 7.19. The molecule has 3 atom stereocenters. The van der Waals surface area contributed by atoms with Crippen molar-refractivity contribution in [1.82, 2.24) is 0 Å². The Morgan fingerprint density at radius 1 is 1.70 bits per heavy atom. The zero-order valence-electron chi connectivity index (χ0n) is 6.31. The molecule has 1 fully saturated rings. The average Bonchev–Trinajstić information content (AvgIpc) is 2.45. The van der Waals surface area contributed by atoms with Crippen molar-refractivity contribution in [2.24, 2.45) is 11.3 Å². The molecular weight excluding hydrogens is 127 g/mol. The Morgan fingerprint density at radius 2 is 2.50 bits per heavy atom. The molecule has 56 valence electrons. The van der Waals surface area contributed by atoms with Gasteiger partial charge in [-0.2, -0.15) is 0 Å². The number of rotatable bonds is 1. The van der Waals surface area contributed by atoms with E-state index in [1.54, 1.807) is 6.92 Å². The third-order valence-electron chi connectivity index (χ3n) is 3.12. The molecule has 0 radical (unpaired) electrons. The second kappa shape index (κ2) is 1.84. The van der Waals surface area contributed by atoms with Crippen molar-refractivity contribution >= 4 is 0 Å². The first kappa shape index (κ1) is 6.38. The van der Waals surface area contributed by atoms with E-state index in [1.807, 2.05) is 0 Å². The smallest absolute Gasteiger partial charge is 0.106 e. The Balaban J connectivity index is 2.24. The fraction of sp³-hybridized carbons (Fsp3) is 0.778. The van der Waals surface area contributed by atoms with Crippen LogP contribution in [0.15, 0.2) is 12.2 Å². The van der Waals surface area contributed by atoms with E-state index in [9.17, 15) is 4.39 Å². The monoisotopic (exact) mass is 140 g/mol. The summed E-state index contributed by atoms with van der Waals surface area (Å²) in [6.07, 6.45) is 7.02. The van der Waals surface area contributed by atoms with E-state index in [-0.39, 0.29) is 5.41 Å².